The standard InChI is InChI=1S/C15H19N5O2S2/c1-19-14(11-5-3-7-23-11)17-18-15(19)24-9-12(21)20-6-2-4-10(8-20)13(16)22/h3,5,7,10H,2,4,6,8-9H2,1H3,(H2,16,22). The van der Waals surface area contributed by atoms with Crippen molar-refractivity contribution in [2.45, 2.75) is 18.0 Å². The summed E-state index contributed by atoms with van der Waals surface area (Å²) in [4.78, 5) is 26.5. The number of thioether (sulfide) groups is 1. The summed E-state index contributed by atoms with van der Waals surface area (Å²) in [7, 11) is 1.89. The number of carbonyl (C=O) groups excluding carboxylic acids is 2. The molecule has 0 spiro atoms. The second-order valence-corrected chi connectivity index (χ2v) is 7.60. The van der Waals surface area contributed by atoms with Crippen LogP contribution in [0, 0.1) is 5.92 Å². The van der Waals surface area contributed by atoms with Gasteiger partial charge in [0.15, 0.2) is 11.0 Å². The molecule has 128 valence electrons. The van der Waals surface area contributed by atoms with Crippen LogP contribution in [0.2, 0.25) is 0 Å². The molecule has 24 heavy (non-hydrogen) atoms. The van der Waals surface area contributed by atoms with Gasteiger partial charge in [0.05, 0.1) is 16.5 Å². The molecule has 1 aliphatic heterocycles. The summed E-state index contributed by atoms with van der Waals surface area (Å²) in [6.45, 7) is 1.11. The van der Waals surface area contributed by atoms with E-state index in [4.69, 9.17) is 5.73 Å². The predicted molar refractivity (Wildman–Crippen MR) is 93.5 cm³/mol. The zero-order valence-electron chi connectivity index (χ0n) is 13.3. The predicted octanol–water partition coefficient (Wildman–Crippen LogP) is 1.36. The van der Waals surface area contributed by atoms with Crippen LogP contribution >= 0.6 is 23.1 Å². The van der Waals surface area contributed by atoms with Crippen molar-refractivity contribution in [3.63, 3.8) is 0 Å². The van der Waals surface area contributed by atoms with Crippen LogP contribution in [0.15, 0.2) is 22.7 Å². The van der Waals surface area contributed by atoms with Gasteiger partial charge in [0, 0.05) is 20.1 Å². The van der Waals surface area contributed by atoms with Gasteiger partial charge >= 0.3 is 0 Å². The van der Waals surface area contributed by atoms with Crippen LogP contribution in [-0.4, -0.2) is 50.3 Å². The summed E-state index contributed by atoms with van der Waals surface area (Å²) >= 11 is 2.97. The van der Waals surface area contributed by atoms with Gasteiger partial charge < -0.3 is 15.2 Å². The molecule has 2 aromatic heterocycles. The minimum atomic E-state index is -0.325. The largest absolute Gasteiger partial charge is 0.369 e. The topological polar surface area (TPSA) is 94.1 Å². The monoisotopic (exact) mass is 365 g/mol. The quantitative estimate of drug-likeness (QED) is 0.808. The number of thiophene rings is 1. The molecule has 3 heterocycles. The molecule has 0 aliphatic carbocycles. The third-order valence-electron chi connectivity index (χ3n) is 4.08. The van der Waals surface area contributed by atoms with Crippen molar-refractivity contribution in [1.29, 1.82) is 0 Å². The summed E-state index contributed by atoms with van der Waals surface area (Å²) in [6, 6.07) is 3.96. The molecule has 0 saturated carbocycles. The number of aromatic nitrogens is 3. The van der Waals surface area contributed by atoms with Crippen LogP contribution < -0.4 is 5.73 Å². The van der Waals surface area contributed by atoms with E-state index in [1.54, 1.807) is 16.2 Å². The highest BCUT2D eigenvalue weighted by molar-refractivity contribution is 7.99. The molecule has 2 N–H and O–H groups in total. The van der Waals surface area contributed by atoms with Crippen molar-refractivity contribution in [3.05, 3.63) is 17.5 Å². The number of primary amides is 1. The summed E-state index contributed by atoms with van der Waals surface area (Å²) in [5.74, 6) is 0.530. The number of hydrogen-bond acceptors (Lipinski definition) is 6. The van der Waals surface area contributed by atoms with Gasteiger partial charge in [-0.15, -0.1) is 21.5 Å². The number of nitrogens with zero attached hydrogens (tertiary/aromatic N) is 4. The maximum atomic E-state index is 12.4. The fourth-order valence-corrected chi connectivity index (χ4v) is 4.27. The SMILES string of the molecule is Cn1c(SCC(=O)N2CCCC(C(N)=O)C2)nnc1-c1cccs1. The summed E-state index contributed by atoms with van der Waals surface area (Å²) in [5.41, 5.74) is 5.36. The van der Waals surface area contributed by atoms with E-state index in [9.17, 15) is 9.59 Å². The molecule has 9 heteroatoms. The molecular formula is C15H19N5O2S2. The molecule has 1 unspecified atom stereocenters. The normalized spacial score (nSPS) is 17.9. The van der Waals surface area contributed by atoms with Crippen LogP contribution in [0.1, 0.15) is 12.8 Å². The van der Waals surface area contributed by atoms with E-state index in [1.807, 2.05) is 29.1 Å². The van der Waals surface area contributed by atoms with Crippen molar-refractivity contribution in [2.24, 2.45) is 18.7 Å². The molecular weight excluding hydrogens is 346 g/mol. The van der Waals surface area contributed by atoms with Crippen LogP contribution in [0.4, 0.5) is 0 Å². The molecule has 1 aliphatic rings. The number of rotatable bonds is 5. The Labute approximate surface area is 148 Å². The minimum Gasteiger partial charge on any atom is -0.369 e. The van der Waals surface area contributed by atoms with E-state index in [1.165, 1.54) is 11.8 Å². The highest BCUT2D eigenvalue weighted by Crippen LogP contribution is 2.26. The lowest BCUT2D eigenvalue weighted by atomic mass is 9.97. The number of hydrogen-bond donors (Lipinski definition) is 1. The second-order valence-electron chi connectivity index (χ2n) is 5.71. The van der Waals surface area contributed by atoms with Gasteiger partial charge in [0.2, 0.25) is 11.8 Å². The Bertz CT molecular complexity index is 728. The zero-order chi connectivity index (χ0) is 17.1. The van der Waals surface area contributed by atoms with Crippen molar-refractivity contribution in [1.82, 2.24) is 19.7 Å². The molecule has 2 amide bonds. The van der Waals surface area contributed by atoms with Gasteiger partial charge in [-0.3, -0.25) is 9.59 Å². The summed E-state index contributed by atoms with van der Waals surface area (Å²) in [5, 5.41) is 11.1. The van der Waals surface area contributed by atoms with Crippen molar-refractivity contribution >= 4 is 34.9 Å². The molecule has 0 aromatic carbocycles. The number of carbonyl (C=O) groups is 2. The van der Waals surface area contributed by atoms with Gasteiger partial charge in [-0.25, -0.2) is 0 Å². The molecule has 0 radical (unpaired) electrons. The Kier molecular flexibility index (Phi) is 5.20. The molecule has 1 fully saturated rings. The first kappa shape index (κ1) is 17.0. The Morgan fingerprint density at radius 3 is 3.00 bits per heavy atom. The fourth-order valence-electron chi connectivity index (χ4n) is 2.71. The number of amides is 2. The minimum absolute atomic E-state index is 0.00613. The molecule has 3 rings (SSSR count). The summed E-state index contributed by atoms with van der Waals surface area (Å²) in [6.07, 6.45) is 1.58. The number of piperidine rings is 1. The Hall–Kier alpha value is -1.87. The molecule has 1 saturated heterocycles. The first-order valence-electron chi connectivity index (χ1n) is 7.69. The molecule has 2 aromatic rings. The smallest absolute Gasteiger partial charge is 0.233 e. The number of likely N-dealkylation sites (tertiary alicyclic amines) is 1. The Morgan fingerprint density at radius 2 is 2.29 bits per heavy atom. The van der Waals surface area contributed by atoms with Gasteiger partial charge in [-0.05, 0) is 24.3 Å². The van der Waals surface area contributed by atoms with Crippen molar-refractivity contribution in [3.8, 4) is 10.7 Å². The molecule has 0 bridgehead atoms. The van der Waals surface area contributed by atoms with Gasteiger partial charge in [-0.2, -0.15) is 0 Å². The highest BCUT2D eigenvalue weighted by Gasteiger charge is 2.27. The second kappa shape index (κ2) is 7.35. The lowest BCUT2D eigenvalue weighted by Gasteiger charge is -2.31. The number of nitrogens with two attached hydrogens (primary N) is 1. The average molecular weight is 365 g/mol. The van der Waals surface area contributed by atoms with E-state index >= 15 is 0 Å². The van der Waals surface area contributed by atoms with Crippen LogP contribution in [0.3, 0.4) is 0 Å². The maximum absolute atomic E-state index is 12.4. The highest BCUT2D eigenvalue weighted by atomic mass is 32.2. The zero-order valence-corrected chi connectivity index (χ0v) is 15.0. The van der Waals surface area contributed by atoms with E-state index in [2.05, 4.69) is 10.2 Å². The average Bonchev–Trinajstić information content (AvgIpc) is 3.22. The first-order chi connectivity index (χ1) is 11.6. The lowest BCUT2D eigenvalue weighted by Crippen LogP contribution is -2.44. The van der Waals surface area contributed by atoms with Crippen LogP contribution in [0.25, 0.3) is 10.7 Å². The van der Waals surface area contributed by atoms with E-state index in [0.717, 1.165) is 23.5 Å². The van der Waals surface area contributed by atoms with Crippen LogP contribution in [0.5, 0.6) is 0 Å². The molecule has 7 nitrogen and oxygen atoms in total. The third-order valence-corrected chi connectivity index (χ3v) is 5.95. The van der Waals surface area contributed by atoms with Gasteiger partial charge in [0.25, 0.3) is 0 Å². The fraction of sp³-hybridized carbons (Fsp3) is 0.467. The Balaban J connectivity index is 1.60. The van der Waals surface area contributed by atoms with Crippen molar-refractivity contribution in [2.75, 3.05) is 18.8 Å². The first-order valence-corrected chi connectivity index (χ1v) is 9.56. The van der Waals surface area contributed by atoms with Gasteiger partial charge in [-0.1, -0.05) is 17.8 Å². The summed E-state index contributed by atoms with van der Waals surface area (Å²) < 4.78 is 1.90. The molecule has 1 atom stereocenters. The van der Waals surface area contributed by atoms with Crippen LogP contribution in [-0.2, 0) is 16.6 Å². The Morgan fingerprint density at radius 1 is 1.46 bits per heavy atom. The van der Waals surface area contributed by atoms with Crippen molar-refractivity contribution < 1.29 is 9.59 Å². The third kappa shape index (κ3) is 3.62. The van der Waals surface area contributed by atoms with E-state index in [-0.39, 0.29) is 23.5 Å². The van der Waals surface area contributed by atoms with Gasteiger partial charge in [0.1, 0.15) is 0 Å². The maximum Gasteiger partial charge on any atom is 0.233 e. The lowest BCUT2D eigenvalue weighted by molar-refractivity contribution is -0.132. The van der Waals surface area contributed by atoms with E-state index in [0.29, 0.717) is 18.2 Å². The van der Waals surface area contributed by atoms with E-state index < -0.39 is 0 Å².